The monoisotopic (exact) mass is 470 g/mol. The average Bonchev–Trinajstić information content (AvgIpc) is 3.30. The molecule has 8 nitrogen and oxygen atoms in total. The summed E-state index contributed by atoms with van der Waals surface area (Å²) in [4.78, 5) is 12.5. The lowest BCUT2D eigenvalue weighted by Gasteiger charge is -2.13. The summed E-state index contributed by atoms with van der Waals surface area (Å²) in [6, 6.07) is 9.96. The van der Waals surface area contributed by atoms with Crippen LogP contribution in [0.15, 0.2) is 47.4 Å². The molecule has 0 saturated carbocycles. The number of methoxy groups -OCH3 is 1. The lowest BCUT2D eigenvalue weighted by molar-refractivity contribution is -0.0512. The first-order valence-electron chi connectivity index (χ1n) is 9.90. The van der Waals surface area contributed by atoms with E-state index in [9.17, 15) is 22.0 Å². The molecule has 2 N–H and O–H groups in total. The van der Waals surface area contributed by atoms with Gasteiger partial charge in [-0.2, -0.15) is 8.78 Å². The van der Waals surface area contributed by atoms with Crippen molar-refractivity contribution in [1.29, 1.82) is 0 Å². The number of hydrogen-bond acceptors (Lipinski definition) is 6. The number of hydrogen-bond donors (Lipinski definition) is 2. The van der Waals surface area contributed by atoms with Crippen LogP contribution >= 0.6 is 0 Å². The molecule has 1 atom stereocenters. The molecule has 1 fully saturated rings. The Morgan fingerprint density at radius 3 is 2.72 bits per heavy atom. The minimum atomic E-state index is -3.80. The molecule has 1 heterocycles. The second-order valence-electron chi connectivity index (χ2n) is 7.06. The van der Waals surface area contributed by atoms with E-state index in [1.807, 2.05) is 0 Å². The number of alkyl halides is 2. The Morgan fingerprint density at radius 2 is 2.03 bits per heavy atom. The van der Waals surface area contributed by atoms with Gasteiger partial charge in [-0.1, -0.05) is 12.1 Å². The highest BCUT2D eigenvalue weighted by Gasteiger charge is 2.21. The first-order chi connectivity index (χ1) is 15.3. The molecule has 0 bridgehead atoms. The molecule has 1 saturated heterocycles. The summed E-state index contributed by atoms with van der Waals surface area (Å²) < 4.78 is 67.3. The summed E-state index contributed by atoms with van der Waals surface area (Å²) in [6.45, 7) is -2.13. The zero-order chi connectivity index (χ0) is 23.1. The maximum Gasteiger partial charge on any atom is 0.387 e. The standard InChI is InChI=1S/C21H24F2N2O6S/c1-29-19-10-14(7-8-18(19)31-21(22)23)12-24-20(26)15-4-2-6-17(11-15)32(27,28)25-13-16-5-3-9-30-16/h2,4,6-8,10-11,16,21,25H,3,5,9,12-13H2,1H3,(H,24,26). The Bertz CT molecular complexity index is 1040. The van der Waals surface area contributed by atoms with Crippen molar-refractivity contribution in [2.24, 2.45) is 0 Å². The van der Waals surface area contributed by atoms with Crippen LogP contribution in [0.25, 0.3) is 0 Å². The maximum absolute atomic E-state index is 12.5. The predicted octanol–water partition coefficient (Wildman–Crippen LogP) is 2.68. The van der Waals surface area contributed by atoms with Gasteiger partial charge in [0.1, 0.15) is 0 Å². The average molecular weight is 470 g/mol. The molecule has 3 rings (SSSR count). The van der Waals surface area contributed by atoms with E-state index in [0.717, 1.165) is 12.8 Å². The lowest BCUT2D eigenvalue weighted by atomic mass is 10.1. The second-order valence-corrected chi connectivity index (χ2v) is 8.83. The van der Waals surface area contributed by atoms with Crippen molar-refractivity contribution in [1.82, 2.24) is 10.0 Å². The van der Waals surface area contributed by atoms with Crippen LogP contribution in [0.2, 0.25) is 0 Å². The fourth-order valence-corrected chi connectivity index (χ4v) is 4.31. The van der Waals surface area contributed by atoms with Crippen LogP contribution in [0.5, 0.6) is 11.5 Å². The Hall–Kier alpha value is -2.76. The lowest BCUT2D eigenvalue weighted by Crippen LogP contribution is -2.32. The van der Waals surface area contributed by atoms with Gasteiger partial charge in [-0.25, -0.2) is 13.1 Å². The maximum atomic E-state index is 12.5. The molecule has 0 spiro atoms. The van der Waals surface area contributed by atoms with Crippen molar-refractivity contribution in [3.05, 3.63) is 53.6 Å². The number of sulfonamides is 1. The normalized spacial score (nSPS) is 16.2. The van der Waals surface area contributed by atoms with E-state index in [1.54, 1.807) is 0 Å². The van der Waals surface area contributed by atoms with E-state index in [-0.39, 0.29) is 41.2 Å². The molecule has 32 heavy (non-hydrogen) atoms. The van der Waals surface area contributed by atoms with E-state index >= 15 is 0 Å². The summed E-state index contributed by atoms with van der Waals surface area (Å²) in [5.74, 6) is -0.513. The van der Waals surface area contributed by atoms with Crippen molar-refractivity contribution >= 4 is 15.9 Å². The zero-order valence-electron chi connectivity index (χ0n) is 17.3. The molecule has 11 heteroatoms. The van der Waals surface area contributed by atoms with E-state index in [2.05, 4.69) is 14.8 Å². The van der Waals surface area contributed by atoms with Crippen LogP contribution in [0, 0.1) is 0 Å². The molecule has 0 aromatic heterocycles. The molecule has 2 aromatic carbocycles. The minimum Gasteiger partial charge on any atom is -0.493 e. The van der Waals surface area contributed by atoms with Gasteiger partial charge in [0.2, 0.25) is 10.0 Å². The molecule has 1 unspecified atom stereocenters. The Kier molecular flexibility index (Phi) is 7.99. The fourth-order valence-electron chi connectivity index (χ4n) is 3.20. The third kappa shape index (κ3) is 6.38. The summed E-state index contributed by atoms with van der Waals surface area (Å²) in [5.41, 5.74) is 0.744. The molecule has 1 amide bonds. The molecular formula is C21H24F2N2O6S. The molecule has 1 aliphatic rings. The number of halogens is 2. The fraction of sp³-hybridized carbons (Fsp3) is 0.381. The van der Waals surface area contributed by atoms with E-state index in [1.165, 1.54) is 49.6 Å². The van der Waals surface area contributed by atoms with E-state index < -0.39 is 22.5 Å². The van der Waals surface area contributed by atoms with Crippen molar-refractivity contribution in [2.75, 3.05) is 20.3 Å². The minimum absolute atomic E-state index is 0.0293. The Labute approximate surface area is 184 Å². The second kappa shape index (κ2) is 10.7. The highest BCUT2D eigenvalue weighted by atomic mass is 32.2. The number of carbonyl (C=O) groups is 1. The third-order valence-corrected chi connectivity index (χ3v) is 6.25. The van der Waals surface area contributed by atoms with Crippen LogP contribution < -0.4 is 19.5 Å². The molecule has 174 valence electrons. The number of ether oxygens (including phenoxy) is 3. The SMILES string of the molecule is COc1cc(CNC(=O)c2cccc(S(=O)(=O)NCC3CCCO3)c2)ccc1OC(F)F. The number of benzene rings is 2. The van der Waals surface area contributed by atoms with Crippen molar-refractivity contribution < 1.29 is 36.2 Å². The van der Waals surface area contributed by atoms with Gasteiger partial charge in [0, 0.05) is 25.3 Å². The smallest absolute Gasteiger partial charge is 0.387 e. The topological polar surface area (TPSA) is 103 Å². The highest BCUT2D eigenvalue weighted by Crippen LogP contribution is 2.29. The van der Waals surface area contributed by atoms with Gasteiger partial charge in [0.05, 0.1) is 18.1 Å². The first-order valence-corrected chi connectivity index (χ1v) is 11.4. The number of amides is 1. The molecule has 2 aromatic rings. The Morgan fingerprint density at radius 1 is 1.22 bits per heavy atom. The van der Waals surface area contributed by atoms with Gasteiger partial charge in [0.15, 0.2) is 11.5 Å². The Balaban J connectivity index is 1.63. The van der Waals surface area contributed by atoms with E-state index in [4.69, 9.17) is 9.47 Å². The zero-order valence-corrected chi connectivity index (χ0v) is 18.2. The summed E-state index contributed by atoms with van der Waals surface area (Å²) in [5, 5.41) is 2.66. The van der Waals surface area contributed by atoms with Crippen LogP contribution in [-0.4, -0.2) is 47.3 Å². The number of nitrogens with one attached hydrogen (secondary N) is 2. The van der Waals surface area contributed by atoms with Gasteiger partial charge in [-0.05, 0) is 48.7 Å². The molecule has 0 radical (unpaired) electrons. The van der Waals surface area contributed by atoms with Crippen LogP contribution in [0.3, 0.4) is 0 Å². The van der Waals surface area contributed by atoms with Gasteiger partial charge in [0.25, 0.3) is 5.91 Å². The predicted molar refractivity (Wildman–Crippen MR) is 111 cm³/mol. The van der Waals surface area contributed by atoms with Crippen molar-refractivity contribution in [3.63, 3.8) is 0 Å². The van der Waals surface area contributed by atoms with Gasteiger partial charge in [-0.3, -0.25) is 4.79 Å². The van der Waals surface area contributed by atoms with Gasteiger partial charge >= 0.3 is 6.61 Å². The molecule has 0 aliphatic carbocycles. The third-order valence-electron chi connectivity index (χ3n) is 4.83. The van der Waals surface area contributed by atoms with Crippen molar-refractivity contribution in [2.45, 2.75) is 37.0 Å². The van der Waals surface area contributed by atoms with Crippen molar-refractivity contribution in [3.8, 4) is 11.5 Å². The van der Waals surface area contributed by atoms with Gasteiger partial charge < -0.3 is 19.5 Å². The van der Waals surface area contributed by atoms with Gasteiger partial charge in [-0.15, -0.1) is 0 Å². The summed E-state index contributed by atoms with van der Waals surface area (Å²) in [7, 11) is -2.48. The van der Waals surface area contributed by atoms with E-state index in [0.29, 0.717) is 12.2 Å². The van der Waals surface area contributed by atoms with Crippen LogP contribution in [0.4, 0.5) is 8.78 Å². The number of rotatable bonds is 10. The van der Waals surface area contributed by atoms with Crippen LogP contribution in [-0.2, 0) is 21.3 Å². The molecule has 1 aliphatic heterocycles. The quantitative estimate of drug-likeness (QED) is 0.554. The molecular weight excluding hydrogens is 446 g/mol. The summed E-state index contributed by atoms with van der Waals surface area (Å²) in [6.07, 6.45) is 1.55. The number of carbonyl (C=O) groups excluding carboxylic acids is 1. The summed E-state index contributed by atoms with van der Waals surface area (Å²) >= 11 is 0. The largest absolute Gasteiger partial charge is 0.493 e. The van der Waals surface area contributed by atoms with Crippen LogP contribution in [0.1, 0.15) is 28.8 Å². The highest BCUT2D eigenvalue weighted by molar-refractivity contribution is 7.89. The first kappa shape index (κ1) is 23.9.